The van der Waals surface area contributed by atoms with E-state index in [2.05, 4.69) is 44.6 Å². The molecule has 4 rings (SSSR count). The molecule has 7 nitrogen and oxygen atoms in total. The lowest BCUT2D eigenvalue weighted by molar-refractivity contribution is 0.0173. The minimum atomic E-state index is 0. The molecule has 1 aromatic rings. The minimum absolute atomic E-state index is 0. The van der Waals surface area contributed by atoms with Crippen LogP contribution in [0.4, 0.5) is 0 Å². The Morgan fingerprint density at radius 2 is 1.77 bits per heavy atom. The van der Waals surface area contributed by atoms with Crippen LogP contribution >= 0.6 is 24.0 Å². The average Bonchev–Trinajstić information content (AvgIpc) is 3.26. The summed E-state index contributed by atoms with van der Waals surface area (Å²) in [6, 6.07) is 6.17. The second-order valence-corrected chi connectivity index (χ2v) is 8.87. The first-order valence-electron chi connectivity index (χ1n) is 11.5. The van der Waals surface area contributed by atoms with Crippen LogP contribution < -0.4 is 20.1 Å². The van der Waals surface area contributed by atoms with Crippen LogP contribution in [0.25, 0.3) is 0 Å². The number of halogens is 1. The highest BCUT2D eigenvalue weighted by Crippen LogP contribution is 2.33. The molecule has 0 saturated carbocycles. The van der Waals surface area contributed by atoms with Gasteiger partial charge in [-0.15, -0.1) is 24.0 Å². The molecule has 2 N–H and O–H groups in total. The maximum atomic E-state index is 5.48. The smallest absolute Gasteiger partial charge is 0.231 e. The van der Waals surface area contributed by atoms with Gasteiger partial charge in [-0.1, -0.05) is 12.5 Å². The number of nitrogens with one attached hydrogen (secondary N) is 2. The van der Waals surface area contributed by atoms with E-state index < -0.39 is 0 Å². The molecule has 0 spiro atoms. The Morgan fingerprint density at radius 3 is 2.52 bits per heavy atom. The van der Waals surface area contributed by atoms with E-state index in [1.807, 2.05) is 13.1 Å². The number of nitrogens with zero attached hydrogens (tertiary/aromatic N) is 3. The Hall–Kier alpha value is -1.26. The Balaban J connectivity index is 0.00000272. The zero-order valence-electron chi connectivity index (χ0n) is 19.0. The lowest BCUT2D eigenvalue weighted by atomic mass is 9.84. The summed E-state index contributed by atoms with van der Waals surface area (Å²) in [4.78, 5) is 9.69. The van der Waals surface area contributed by atoms with Gasteiger partial charge in [-0.25, -0.2) is 0 Å². The number of benzene rings is 1. The highest BCUT2D eigenvalue weighted by Gasteiger charge is 2.39. The van der Waals surface area contributed by atoms with Gasteiger partial charge in [0.1, 0.15) is 0 Å². The number of guanidine groups is 1. The van der Waals surface area contributed by atoms with Crippen LogP contribution in [-0.2, 0) is 6.42 Å². The molecule has 0 radical (unpaired) electrons. The minimum Gasteiger partial charge on any atom is -0.454 e. The highest BCUT2D eigenvalue weighted by atomic mass is 127. The Labute approximate surface area is 204 Å². The largest absolute Gasteiger partial charge is 0.454 e. The van der Waals surface area contributed by atoms with E-state index >= 15 is 0 Å². The van der Waals surface area contributed by atoms with E-state index in [9.17, 15) is 0 Å². The molecule has 3 heterocycles. The van der Waals surface area contributed by atoms with Gasteiger partial charge in [-0.3, -0.25) is 9.89 Å². The van der Waals surface area contributed by atoms with Crippen molar-refractivity contribution in [1.29, 1.82) is 0 Å². The topological polar surface area (TPSA) is 61.4 Å². The third-order valence-corrected chi connectivity index (χ3v) is 6.90. The van der Waals surface area contributed by atoms with Crippen LogP contribution in [0, 0.1) is 0 Å². The van der Waals surface area contributed by atoms with Crippen molar-refractivity contribution in [2.75, 3.05) is 60.2 Å². The van der Waals surface area contributed by atoms with Crippen molar-refractivity contribution < 1.29 is 9.47 Å². The molecule has 0 aromatic heterocycles. The Bertz CT molecular complexity index is 731. The number of fused-ring (bicyclic) bond motifs is 1. The first-order valence-corrected chi connectivity index (χ1v) is 11.5. The fourth-order valence-corrected chi connectivity index (χ4v) is 4.90. The average molecular weight is 543 g/mol. The monoisotopic (exact) mass is 543 g/mol. The molecule has 0 amide bonds. The molecule has 0 unspecified atom stereocenters. The van der Waals surface area contributed by atoms with Crippen molar-refractivity contribution in [1.82, 2.24) is 20.4 Å². The molecule has 0 bridgehead atoms. The maximum absolute atomic E-state index is 5.48. The Morgan fingerprint density at radius 1 is 1.03 bits per heavy atom. The number of rotatable bonds is 6. The summed E-state index contributed by atoms with van der Waals surface area (Å²) in [5.74, 6) is 2.58. The van der Waals surface area contributed by atoms with E-state index in [0.29, 0.717) is 6.79 Å². The zero-order valence-corrected chi connectivity index (χ0v) is 21.3. The van der Waals surface area contributed by atoms with Crippen molar-refractivity contribution in [3.8, 4) is 11.5 Å². The van der Waals surface area contributed by atoms with Crippen LogP contribution in [0.3, 0.4) is 0 Å². The second kappa shape index (κ2) is 11.6. The summed E-state index contributed by atoms with van der Waals surface area (Å²) < 4.78 is 10.9. The van der Waals surface area contributed by atoms with E-state index in [1.165, 1.54) is 63.8 Å². The van der Waals surface area contributed by atoms with Gasteiger partial charge in [0.15, 0.2) is 17.5 Å². The first-order chi connectivity index (χ1) is 14.7. The first kappa shape index (κ1) is 24.4. The molecule has 2 fully saturated rings. The van der Waals surface area contributed by atoms with E-state index in [0.717, 1.165) is 37.0 Å². The molecular weight excluding hydrogens is 505 g/mol. The lowest BCUT2D eigenvalue weighted by Crippen LogP contribution is -2.62. The van der Waals surface area contributed by atoms with Gasteiger partial charge in [-0.05, 0) is 83.0 Å². The van der Waals surface area contributed by atoms with Gasteiger partial charge >= 0.3 is 0 Å². The number of hydrogen-bond donors (Lipinski definition) is 2. The molecule has 1 aromatic carbocycles. The van der Waals surface area contributed by atoms with Crippen molar-refractivity contribution in [3.05, 3.63) is 23.8 Å². The fourth-order valence-electron chi connectivity index (χ4n) is 4.90. The molecule has 3 aliphatic heterocycles. The predicted octanol–water partition coefficient (Wildman–Crippen LogP) is 2.69. The van der Waals surface area contributed by atoms with Gasteiger partial charge in [0.25, 0.3) is 0 Å². The summed E-state index contributed by atoms with van der Waals surface area (Å²) in [6.07, 6.45) is 7.41. The van der Waals surface area contributed by atoms with E-state index in [-0.39, 0.29) is 29.5 Å². The number of aliphatic imine (C=N–C) groups is 1. The SMILES string of the molecule is CN=C(NCCc1ccc2c(c1)OCO2)NCC1(N2CCCCC2)CCN(C)CC1.I. The molecule has 2 saturated heterocycles. The summed E-state index contributed by atoms with van der Waals surface area (Å²) in [5.41, 5.74) is 1.49. The van der Waals surface area contributed by atoms with Crippen molar-refractivity contribution in [2.45, 2.75) is 44.1 Å². The van der Waals surface area contributed by atoms with Gasteiger partial charge in [0, 0.05) is 25.7 Å². The number of likely N-dealkylation sites (tertiary alicyclic amines) is 2. The van der Waals surface area contributed by atoms with Crippen LogP contribution in [0.15, 0.2) is 23.2 Å². The summed E-state index contributed by atoms with van der Waals surface area (Å²) in [7, 11) is 4.10. The van der Waals surface area contributed by atoms with Crippen LogP contribution in [0.2, 0.25) is 0 Å². The zero-order chi connectivity index (χ0) is 20.8. The molecule has 3 aliphatic rings. The molecule has 0 aliphatic carbocycles. The van der Waals surface area contributed by atoms with Gasteiger partial charge in [0.2, 0.25) is 6.79 Å². The van der Waals surface area contributed by atoms with E-state index in [4.69, 9.17) is 9.47 Å². The normalized spacial score (nSPS) is 21.4. The van der Waals surface area contributed by atoms with Crippen LogP contribution in [0.1, 0.15) is 37.7 Å². The molecule has 174 valence electrons. The molecule has 8 heteroatoms. The highest BCUT2D eigenvalue weighted by molar-refractivity contribution is 14.0. The van der Waals surface area contributed by atoms with Crippen LogP contribution in [0.5, 0.6) is 11.5 Å². The number of piperidine rings is 2. The predicted molar refractivity (Wildman–Crippen MR) is 136 cm³/mol. The summed E-state index contributed by atoms with van der Waals surface area (Å²) in [5, 5.41) is 7.15. The summed E-state index contributed by atoms with van der Waals surface area (Å²) >= 11 is 0. The molecule has 0 atom stereocenters. The third kappa shape index (κ3) is 6.16. The van der Waals surface area contributed by atoms with Crippen molar-refractivity contribution in [2.24, 2.45) is 4.99 Å². The van der Waals surface area contributed by atoms with Crippen LogP contribution in [-0.4, -0.2) is 81.5 Å². The molecule has 31 heavy (non-hydrogen) atoms. The summed E-state index contributed by atoms with van der Waals surface area (Å²) in [6.45, 7) is 6.94. The number of ether oxygens (including phenoxy) is 2. The van der Waals surface area contributed by atoms with Gasteiger partial charge < -0.3 is 25.0 Å². The fraction of sp³-hybridized carbons (Fsp3) is 0.696. The third-order valence-electron chi connectivity index (χ3n) is 6.90. The maximum Gasteiger partial charge on any atom is 0.231 e. The quantitative estimate of drug-likeness (QED) is 0.327. The number of hydrogen-bond acceptors (Lipinski definition) is 5. The van der Waals surface area contributed by atoms with Crippen molar-refractivity contribution >= 4 is 29.9 Å². The molecular formula is C23H38IN5O2. The Kier molecular flexibility index (Phi) is 9.09. The van der Waals surface area contributed by atoms with Gasteiger partial charge in [0.05, 0.1) is 0 Å². The van der Waals surface area contributed by atoms with Gasteiger partial charge in [-0.2, -0.15) is 0 Å². The second-order valence-electron chi connectivity index (χ2n) is 8.87. The standard InChI is InChI=1S/C23H37N5O2.HI/c1-24-22(25-11-8-19-6-7-20-21(16-19)30-18-29-20)26-17-23(9-14-27(2)15-10-23)28-12-4-3-5-13-28;/h6-7,16H,3-5,8-15,17-18H2,1-2H3,(H2,24,25,26);1H. The van der Waals surface area contributed by atoms with Crippen molar-refractivity contribution in [3.63, 3.8) is 0 Å². The van der Waals surface area contributed by atoms with E-state index in [1.54, 1.807) is 0 Å². The lowest BCUT2D eigenvalue weighted by Gasteiger charge is -2.50.